The van der Waals surface area contributed by atoms with E-state index in [4.69, 9.17) is 14.7 Å². The number of carbonyl (C=O) groups is 1. The zero-order valence-electron chi connectivity index (χ0n) is 24.0. The Labute approximate surface area is 239 Å². The average Bonchev–Trinajstić information content (AvgIpc) is 3.37. The monoisotopic (exact) mass is 555 g/mol. The largest absolute Gasteiger partial charge is 0.444 e. The summed E-state index contributed by atoms with van der Waals surface area (Å²) in [5.74, 6) is 1.96. The van der Waals surface area contributed by atoms with Gasteiger partial charge in [0.1, 0.15) is 11.4 Å². The Kier molecular flexibility index (Phi) is 6.13. The topological polar surface area (TPSA) is 126 Å². The van der Waals surface area contributed by atoms with Crippen molar-refractivity contribution in [2.75, 3.05) is 10.6 Å². The lowest BCUT2D eigenvalue weighted by Crippen LogP contribution is -2.51. The van der Waals surface area contributed by atoms with E-state index in [0.717, 1.165) is 53.4 Å². The van der Waals surface area contributed by atoms with Gasteiger partial charge in [0, 0.05) is 47.0 Å². The predicted molar refractivity (Wildman–Crippen MR) is 157 cm³/mol. The molecule has 41 heavy (non-hydrogen) atoms. The smallest absolute Gasteiger partial charge is 0.410 e. The van der Waals surface area contributed by atoms with Gasteiger partial charge >= 0.3 is 6.09 Å². The van der Waals surface area contributed by atoms with Gasteiger partial charge in [-0.3, -0.25) is 9.78 Å². The maximum absolute atomic E-state index is 12.9. The fraction of sp³-hybridized carbons (Fsp3) is 0.500. The lowest BCUT2D eigenvalue weighted by Gasteiger charge is -2.39. The third kappa shape index (κ3) is 5.32. The van der Waals surface area contributed by atoms with Crippen LogP contribution >= 0.6 is 0 Å². The molecule has 5 heterocycles. The third-order valence-corrected chi connectivity index (χ3v) is 8.18. The number of carbonyl (C=O) groups excluding carboxylic acids is 1. The number of aromatic amines is 1. The predicted octanol–water partition coefficient (Wildman–Crippen LogP) is 5.95. The van der Waals surface area contributed by atoms with Gasteiger partial charge in [-0.1, -0.05) is 6.07 Å². The van der Waals surface area contributed by atoms with E-state index < -0.39 is 5.60 Å². The van der Waals surface area contributed by atoms with Crippen molar-refractivity contribution in [1.82, 2.24) is 34.8 Å². The highest BCUT2D eigenvalue weighted by atomic mass is 16.6. The zero-order valence-corrected chi connectivity index (χ0v) is 24.0. The highest BCUT2D eigenvalue weighted by molar-refractivity contribution is 5.94. The van der Waals surface area contributed by atoms with E-state index in [9.17, 15) is 4.79 Å². The van der Waals surface area contributed by atoms with Crippen LogP contribution in [0, 0.1) is 6.92 Å². The highest BCUT2D eigenvalue weighted by Gasteiger charge is 2.45. The van der Waals surface area contributed by atoms with E-state index in [1.807, 2.05) is 44.9 Å². The van der Waals surface area contributed by atoms with Crippen molar-refractivity contribution in [2.45, 2.75) is 96.0 Å². The van der Waals surface area contributed by atoms with Gasteiger partial charge < -0.3 is 20.3 Å². The minimum atomic E-state index is -0.504. The zero-order chi connectivity index (χ0) is 28.3. The van der Waals surface area contributed by atoms with Gasteiger partial charge in [0.15, 0.2) is 5.82 Å². The summed E-state index contributed by atoms with van der Waals surface area (Å²) in [6, 6.07) is 9.21. The fourth-order valence-electron chi connectivity index (χ4n) is 6.19. The number of benzene rings is 1. The van der Waals surface area contributed by atoms with Crippen LogP contribution < -0.4 is 10.6 Å². The van der Waals surface area contributed by atoms with Crippen LogP contribution in [-0.2, 0) is 4.74 Å². The van der Waals surface area contributed by atoms with Crippen LogP contribution in [0.1, 0.15) is 71.0 Å². The Morgan fingerprint density at radius 1 is 1.02 bits per heavy atom. The molecule has 1 aromatic carbocycles. The Balaban J connectivity index is 1.17. The van der Waals surface area contributed by atoms with Gasteiger partial charge in [0.25, 0.3) is 0 Å². The Bertz CT molecular complexity index is 1580. The van der Waals surface area contributed by atoms with E-state index in [-0.39, 0.29) is 24.2 Å². The van der Waals surface area contributed by atoms with Crippen LogP contribution in [0.3, 0.4) is 0 Å². The standard InChI is InChI=1S/C30H37N9O2/c1-17-11-26(37-36-17)34-27-24-10-5-18(19-15-31-38(16-19)21-6-7-21)12-25(24)33-28(35-27)32-20-13-22-8-9-23(14-20)39(22)29(40)41-30(2,3)4/h5,10-12,15-16,20-23H,6-9,13-14H2,1-4H3,(H3,32,33,34,35,36,37)/t20-,22-,23+. The molecule has 3 fully saturated rings. The summed E-state index contributed by atoms with van der Waals surface area (Å²) < 4.78 is 7.79. The number of amides is 1. The summed E-state index contributed by atoms with van der Waals surface area (Å²) in [4.78, 5) is 24.8. The Morgan fingerprint density at radius 2 is 1.78 bits per heavy atom. The molecular weight excluding hydrogens is 518 g/mol. The Morgan fingerprint density at radius 3 is 2.46 bits per heavy atom. The maximum Gasteiger partial charge on any atom is 0.410 e. The number of anilines is 3. The molecule has 2 bridgehead atoms. The van der Waals surface area contributed by atoms with E-state index in [2.05, 4.69) is 55.0 Å². The van der Waals surface area contributed by atoms with Crippen LogP contribution in [0.5, 0.6) is 0 Å². The summed E-state index contributed by atoms with van der Waals surface area (Å²) in [7, 11) is 0. The summed E-state index contributed by atoms with van der Waals surface area (Å²) in [6.45, 7) is 7.71. The molecule has 3 atom stereocenters. The molecule has 1 saturated carbocycles. The Hall–Kier alpha value is -4.15. The van der Waals surface area contributed by atoms with Gasteiger partial charge in [-0.05, 0) is 83.9 Å². The summed E-state index contributed by atoms with van der Waals surface area (Å²) in [6.07, 6.45) is 9.89. The number of fused-ring (bicyclic) bond motifs is 3. The van der Waals surface area contributed by atoms with Gasteiger partial charge in [-0.2, -0.15) is 15.2 Å². The lowest BCUT2D eigenvalue weighted by molar-refractivity contribution is 0.00682. The normalized spacial score (nSPS) is 22.2. The van der Waals surface area contributed by atoms with Gasteiger partial charge in [-0.15, -0.1) is 0 Å². The molecular formula is C30H37N9O2. The first-order valence-electron chi connectivity index (χ1n) is 14.6. The van der Waals surface area contributed by atoms with E-state index in [0.29, 0.717) is 23.6 Å². The van der Waals surface area contributed by atoms with Crippen molar-refractivity contribution >= 4 is 34.6 Å². The molecule has 3 aliphatic rings. The number of nitrogens with zero attached hydrogens (tertiary/aromatic N) is 6. The van der Waals surface area contributed by atoms with Crippen LogP contribution in [0.25, 0.3) is 22.0 Å². The van der Waals surface area contributed by atoms with Crippen molar-refractivity contribution in [3.8, 4) is 11.1 Å². The first-order valence-corrected chi connectivity index (χ1v) is 14.6. The maximum atomic E-state index is 12.9. The molecule has 1 amide bonds. The van der Waals surface area contributed by atoms with Crippen LogP contribution in [-0.4, -0.2) is 64.7 Å². The van der Waals surface area contributed by atoms with Crippen molar-refractivity contribution in [1.29, 1.82) is 0 Å². The van der Waals surface area contributed by atoms with Crippen LogP contribution in [0.2, 0.25) is 0 Å². The number of piperidine rings is 1. The SMILES string of the molecule is Cc1cc(Nc2nc(N[C@@H]3C[C@H]4CC[C@@H](C3)N4C(=O)OC(C)(C)C)nc3cc(-c4cnn(C5CC5)c4)ccc23)n[nH]1. The quantitative estimate of drug-likeness (QED) is 0.267. The number of hydrogen-bond acceptors (Lipinski definition) is 8. The van der Waals surface area contributed by atoms with Crippen LogP contribution in [0.15, 0.2) is 36.7 Å². The number of ether oxygens (including phenoxy) is 1. The van der Waals surface area contributed by atoms with Crippen molar-refractivity contribution in [3.63, 3.8) is 0 Å². The second kappa shape index (κ2) is 9.74. The lowest BCUT2D eigenvalue weighted by atomic mass is 9.98. The molecule has 0 unspecified atom stereocenters. The summed E-state index contributed by atoms with van der Waals surface area (Å²) in [5, 5.41) is 19.8. The van der Waals surface area contributed by atoms with Gasteiger partial charge in [-0.25, -0.2) is 9.78 Å². The number of nitrogens with one attached hydrogen (secondary N) is 3. The molecule has 2 aliphatic heterocycles. The first kappa shape index (κ1) is 25.8. The third-order valence-electron chi connectivity index (χ3n) is 8.18. The highest BCUT2D eigenvalue weighted by Crippen LogP contribution is 2.39. The minimum Gasteiger partial charge on any atom is -0.444 e. The van der Waals surface area contributed by atoms with Crippen molar-refractivity contribution in [2.24, 2.45) is 0 Å². The average molecular weight is 556 g/mol. The van der Waals surface area contributed by atoms with Crippen molar-refractivity contribution in [3.05, 3.63) is 42.4 Å². The number of rotatable bonds is 6. The molecule has 3 N–H and O–H groups in total. The minimum absolute atomic E-state index is 0.154. The molecule has 11 heteroatoms. The molecule has 1 aliphatic carbocycles. The van der Waals surface area contributed by atoms with E-state index in [1.165, 1.54) is 12.8 Å². The summed E-state index contributed by atoms with van der Waals surface area (Å²) in [5.41, 5.74) is 3.44. The number of H-pyrrole nitrogens is 1. The number of aryl methyl sites for hydroxylation is 1. The van der Waals surface area contributed by atoms with E-state index >= 15 is 0 Å². The molecule has 0 radical (unpaired) electrons. The van der Waals surface area contributed by atoms with E-state index in [1.54, 1.807) is 0 Å². The second-order valence-corrected chi connectivity index (χ2v) is 12.7. The second-order valence-electron chi connectivity index (χ2n) is 12.7. The molecule has 7 rings (SSSR count). The fourth-order valence-corrected chi connectivity index (χ4v) is 6.19. The molecule has 11 nitrogen and oxygen atoms in total. The molecule has 4 aromatic rings. The summed E-state index contributed by atoms with van der Waals surface area (Å²) >= 11 is 0. The molecule has 2 saturated heterocycles. The first-order chi connectivity index (χ1) is 19.7. The molecule has 214 valence electrons. The number of aromatic nitrogens is 6. The number of hydrogen-bond donors (Lipinski definition) is 3. The molecule has 3 aromatic heterocycles. The van der Waals surface area contributed by atoms with Gasteiger partial charge in [0.05, 0.1) is 17.8 Å². The van der Waals surface area contributed by atoms with Gasteiger partial charge in [0.2, 0.25) is 5.95 Å². The molecule has 0 spiro atoms. The van der Waals surface area contributed by atoms with Crippen molar-refractivity contribution < 1.29 is 9.53 Å². The van der Waals surface area contributed by atoms with Crippen LogP contribution in [0.4, 0.5) is 22.4 Å².